The second-order valence-electron chi connectivity index (χ2n) is 10.0. The fraction of sp³-hybridized carbons (Fsp3) is 0.310. The van der Waals surface area contributed by atoms with E-state index in [1.54, 1.807) is 64.6 Å². The Morgan fingerprint density at radius 3 is 2.33 bits per heavy atom. The molecule has 5 rings (SSSR count). The average Bonchev–Trinajstić information content (AvgIpc) is 3.49. The third-order valence-electron chi connectivity index (χ3n) is 7.58. The summed E-state index contributed by atoms with van der Waals surface area (Å²) in [5, 5.41) is 2.73. The van der Waals surface area contributed by atoms with E-state index in [2.05, 4.69) is 10.0 Å². The Hall–Kier alpha value is -4.25. The first-order chi connectivity index (χ1) is 19.1. The minimum atomic E-state index is -4.26. The highest BCUT2D eigenvalue weighted by molar-refractivity contribution is 7.91. The van der Waals surface area contributed by atoms with E-state index in [1.807, 2.05) is 30.3 Å². The molecule has 10 nitrogen and oxygen atoms in total. The monoisotopic (exact) mass is 564 g/mol. The quantitative estimate of drug-likeness (QED) is 0.433. The summed E-state index contributed by atoms with van der Waals surface area (Å²) in [6.45, 7) is 1.98. The third kappa shape index (κ3) is 4.92. The molecule has 1 heterocycles. The molecule has 0 radical (unpaired) electrons. The van der Waals surface area contributed by atoms with Gasteiger partial charge in [0, 0.05) is 25.2 Å². The minimum Gasteiger partial charge on any atom is -0.497 e. The first-order valence-corrected chi connectivity index (χ1v) is 14.3. The summed E-state index contributed by atoms with van der Waals surface area (Å²) in [5.41, 5.74) is 2.23. The SMILES string of the molecule is COc1ccc(N(C)C(=O)[C@@]2(NC(=O)NS(=O)(=O)N3CCc4cc(OC)cc(C)c43)C[C@@H]2c2ccccc2)cc1. The average molecular weight is 565 g/mol. The van der Waals surface area contributed by atoms with Crippen LogP contribution in [0.4, 0.5) is 16.2 Å². The van der Waals surface area contributed by atoms with Crippen LogP contribution in [0.3, 0.4) is 0 Å². The predicted octanol–water partition coefficient (Wildman–Crippen LogP) is 3.51. The van der Waals surface area contributed by atoms with E-state index in [1.165, 1.54) is 9.21 Å². The van der Waals surface area contributed by atoms with Gasteiger partial charge in [0.15, 0.2) is 0 Å². The highest BCUT2D eigenvalue weighted by Gasteiger charge is 2.63. The molecular formula is C29H32N4O6S. The summed E-state index contributed by atoms with van der Waals surface area (Å²) >= 11 is 0. The first-order valence-electron chi connectivity index (χ1n) is 12.9. The Balaban J connectivity index is 1.39. The van der Waals surface area contributed by atoms with Crippen LogP contribution in [0.2, 0.25) is 0 Å². The molecule has 210 valence electrons. The molecular weight excluding hydrogens is 532 g/mol. The number of hydrogen-bond acceptors (Lipinski definition) is 6. The molecule has 1 fully saturated rings. The summed E-state index contributed by atoms with van der Waals surface area (Å²) in [5.74, 6) is 0.613. The van der Waals surface area contributed by atoms with Crippen LogP contribution >= 0.6 is 0 Å². The second kappa shape index (κ2) is 10.4. The molecule has 1 aliphatic carbocycles. The number of likely N-dealkylation sites (N-methyl/N-ethyl adjacent to an activating group) is 1. The van der Waals surface area contributed by atoms with Crippen LogP contribution in [0.1, 0.15) is 29.0 Å². The van der Waals surface area contributed by atoms with E-state index in [-0.39, 0.29) is 18.4 Å². The highest BCUT2D eigenvalue weighted by atomic mass is 32.2. The summed E-state index contributed by atoms with van der Waals surface area (Å²) in [7, 11) is 0.485. The number of carbonyl (C=O) groups excluding carboxylic acids is 2. The van der Waals surface area contributed by atoms with Gasteiger partial charge < -0.3 is 19.7 Å². The molecule has 1 saturated carbocycles. The van der Waals surface area contributed by atoms with Gasteiger partial charge in [-0.05, 0) is 72.9 Å². The van der Waals surface area contributed by atoms with E-state index in [9.17, 15) is 18.0 Å². The fourth-order valence-electron chi connectivity index (χ4n) is 5.46. The zero-order chi connectivity index (χ0) is 28.7. The van der Waals surface area contributed by atoms with Gasteiger partial charge in [-0.25, -0.2) is 9.52 Å². The number of anilines is 2. The fourth-order valence-corrected chi connectivity index (χ4v) is 6.69. The third-order valence-corrected chi connectivity index (χ3v) is 8.97. The van der Waals surface area contributed by atoms with Crippen molar-refractivity contribution in [2.24, 2.45) is 0 Å². The van der Waals surface area contributed by atoms with Crippen LogP contribution in [0.5, 0.6) is 11.5 Å². The van der Waals surface area contributed by atoms with Gasteiger partial charge >= 0.3 is 16.2 Å². The molecule has 0 saturated heterocycles. The first kappa shape index (κ1) is 27.3. The van der Waals surface area contributed by atoms with Gasteiger partial charge in [0.2, 0.25) is 0 Å². The molecule has 0 unspecified atom stereocenters. The standard InChI is InChI=1S/C29H32N4O6S/c1-19-16-24(39-4)17-21-14-15-33(26(19)21)40(36,37)31-28(35)30-29(18-25(29)20-8-6-5-7-9-20)27(34)32(2)22-10-12-23(38-3)13-11-22/h5-13,16-17,25H,14-15,18H2,1-4H3,(H2,30,31,35)/t25-,29-/m1/s1. The van der Waals surface area contributed by atoms with Crippen LogP contribution in [-0.2, 0) is 21.4 Å². The molecule has 0 spiro atoms. The Morgan fingerprint density at radius 2 is 1.68 bits per heavy atom. The number of hydrogen-bond donors (Lipinski definition) is 2. The lowest BCUT2D eigenvalue weighted by Crippen LogP contribution is -2.56. The Morgan fingerprint density at radius 1 is 1.00 bits per heavy atom. The number of carbonyl (C=O) groups is 2. The Kier molecular flexibility index (Phi) is 7.09. The second-order valence-corrected chi connectivity index (χ2v) is 11.6. The number of methoxy groups -OCH3 is 2. The number of urea groups is 1. The van der Waals surface area contributed by atoms with E-state index in [4.69, 9.17) is 9.47 Å². The molecule has 40 heavy (non-hydrogen) atoms. The van der Waals surface area contributed by atoms with Crippen molar-refractivity contribution in [2.45, 2.75) is 31.2 Å². The summed E-state index contributed by atoms with van der Waals surface area (Å²) < 4.78 is 40.6. The van der Waals surface area contributed by atoms with E-state index < -0.39 is 21.8 Å². The molecule has 2 atom stereocenters. The molecule has 1 aliphatic heterocycles. The molecule has 0 bridgehead atoms. The zero-order valence-corrected chi connectivity index (χ0v) is 23.6. The van der Waals surface area contributed by atoms with Crippen molar-refractivity contribution in [3.05, 3.63) is 83.4 Å². The lowest BCUT2D eigenvalue weighted by atomic mass is 10.0. The molecule has 3 aromatic rings. The summed E-state index contributed by atoms with van der Waals surface area (Å²) in [4.78, 5) is 28.6. The van der Waals surface area contributed by atoms with Gasteiger partial charge in [-0.1, -0.05) is 30.3 Å². The molecule has 0 aromatic heterocycles. The number of fused-ring (bicyclic) bond motifs is 1. The van der Waals surface area contributed by atoms with Crippen LogP contribution in [0.15, 0.2) is 66.7 Å². The zero-order valence-electron chi connectivity index (χ0n) is 22.8. The number of amides is 3. The molecule has 2 aliphatic rings. The van der Waals surface area contributed by atoms with E-state index >= 15 is 0 Å². The maximum atomic E-state index is 13.9. The maximum Gasteiger partial charge on any atom is 0.330 e. The van der Waals surface area contributed by atoms with Crippen LogP contribution in [0, 0.1) is 6.92 Å². The lowest BCUT2D eigenvalue weighted by molar-refractivity contribution is -0.121. The van der Waals surface area contributed by atoms with Gasteiger partial charge in [0.1, 0.15) is 17.0 Å². The van der Waals surface area contributed by atoms with Gasteiger partial charge in [-0.15, -0.1) is 0 Å². The van der Waals surface area contributed by atoms with Crippen molar-refractivity contribution < 1.29 is 27.5 Å². The van der Waals surface area contributed by atoms with E-state index in [0.29, 0.717) is 35.7 Å². The van der Waals surface area contributed by atoms with Crippen molar-refractivity contribution >= 4 is 33.5 Å². The molecule has 3 amide bonds. The van der Waals surface area contributed by atoms with Gasteiger partial charge in [-0.3, -0.25) is 9.10 Å². The smallest absolute Gasteiger partial charge is 0.330 e. The van der Waals surface area contributed by atoms with Crippen LogP contribution in [0.25, 0.3) is 0 Å². The largest absolute Gasteiger partial charge is 0.497 e. The minimum absolute atomic E-state index is 0.183. The lowest BCUT2D eigenvalue weighted by Gasteiger charge is -2.27. The molecule has 11 heteroatoms. The predicted molar refractivity (Wildman–Crippen MR) is 152 cm³/mol. The van der Waals surface area contributed by atoms with Gasteiger partial charge in [-0.2, -0.15) is 8.42 Å². The highest BCUT2D eigenvalue weighted by Crippen LogP contribution is 2.52. The number of nitrogens with zero attached hydrogens (tertiary/aromatic N) is 2. The molecule has 3 aromatic carbocycles. The summed E-state index contributed by atoms with van der Waals surface area (Å²) in [6.07, 6.45) is 0.816. The van der Waals surface area contributed by atoms with Crippen molar-refractivity contribution in [1.82, 2.24) is 10.0 Å². The number of benzene rings is 3. The number of aryl methyl sites for hydroxylation is 1. The Bertz CT molecular complexity index is 1540. The number of ether oxygens (including phenoxy) is 2. The van der Waals surface area contributed by atoms with Crippen LogP contribution in [-0.4, -0.2) is 53.7 Å². The molecule has 2 N–H and O–H groups in total. The topological polar surface area (TPSA) is 117 Å². The number of nitrogens with one attached hydrogen (secondary N) is 2. The van der Waals surface area contributed by atoms with Gasteiger partial charge in [0.05, 0.1) is 19.9 Å². The number of rotatable bonds is 8. The summed E-state index contributed by atoms with van der Waals surface area (Å²) in [6, 6.07) is 18.9. The van der Waals surface area contributed by atoms with Crippen molar-refractivity contribution in [3.63, 3.8) is 0 Å². The van der Waals surface area contributed by atoms with E-state index in [0.717, 1.165) is 16.7 Å². The van der Waals surface area contributed by atoms with Crippen molar-refractivity contribution in [2.75, 3.05) is 37.0 Å². The van der Waals surface area contributed by atoms with Crippen molar-refractivity contribution in [1.29, 1.82) is 0 Å². The maximum absolute atomic E-state index is 13.9. The van der Waals surface area contributed by atoms with Gasteiger partial charge in [0.25, 0.3) is 5.91 Å². The normalized spacial score (nSPS) is 19.4. The van der Waals surface area contributed by atoms with Crippen LogP contribution < -0.4 is 28.7 Å². The van der Waals surface area contributed by atoms with Crippen molar-refractivity contribution in [3.8, 4) is 11.5 Å². The Labute approximate surface area is 234 Å².